The highest BCUT2D eigenvalue weighted by atomic mass is 16.5. The molecule has 3 nitrogen and oxygen atoms in total. The minimum absolute atomic E-state index is 0.279. The molecular weight excluding hydrogens is 358 g/mol. The van der Waals surface area contributed by atoms with E-state index in [1.807, 2.05) is 18.2 Å². The number of ether oxygens (including phenoxy) is 1. The van der Waals surface area contributed by atoms with E-state index in [1.54, 1.807) is 12.1 Å². The fraction of sp³-hybridized carbons (Fsp3) is 0.231. The average Bonchev–Trinajstić information content (AvgIpc) is 3.59. The van der Waals surface area contributed by atoms with Crippen LogP contribution in [0.15, 0.2) is 78.9 Å². The van der Waals surface area contributed by atoms with Gasteiger partial charge >= 0.3 is 0 Å². The molecule has 0 unspecified atom stereocenters. The van der Waals surface area contributed by atoms with Crippen LogP contribution in [0.1, 0.15) is 30.0 Å². The molecule has 1 aliphatic rings. The third-order valence-corrected chi connectivity index (χ3v) is 5.29. The van der Waals surface area contributed by atoms with Gasteiger partial charge < -0.3 is 9.84 Å². The molecule has 1 saturated heterocycles. The van der Waals surface area contributed by atoms with Crippen LogP contribution in [-0.4, -0.2) is 36.2 Å². The normalized spacial score (nSPS) is 14.4. The first-order valence-corrected chi connectivity index (χ1v) is 10.3. The van der Waals surface area contributed by atoms with Crippen molar-refractivity contribution in [2.24, 2.45) is 0 Å². The smallest absolute Gasteiger partial charge is 0.119 e. The van der Waals surface area contributed by atoms with Gasteiger partial charge in [-0.15, -0.1) is 0 Å². The molecule has 1 heterocycles. The highest BCUT2D eigenvalue weighted by Crippen LogP contribution is 2.35. The molecule has 0 bridgehead atoms. The minimum atomic E-state index is 0.279. The number of rotatable bonds is 8. The number of phenolic OH excluding ortho intramolecular Hbond substituents is 1. The monoisotopic (exact) mass is 385 g/mol. The second-order valence-electron chi connectivity index (χ2n) is 7.33. The minimum Gasteiger partial charge on any atom is -0.508 e. The van der Waals surface area contributed by atoms with Gasteiger partial charge in [-0.25, -0.2) is 0 Å². The van der Waals surface area contributed by atoms with Crippen LogP contribution in [0.5, 0.6) is 11.5 Å². The van der Waals surface area contributed by atoms with Crippen LogP contribution >= 0.6 is 0 Å². The van der Waals surface area contributed by atoms with Crippen molar-refractivity contribution in [3.8, 4) is 11.5 Å². The van der Waals surface area contributed by atoms with Gasteiger partial charge in [-0.05, 0) is 58.5 Å². The number of hydrogen-bond donors (Lipinski definition) is 1. The van der Waals surface area contributed by atoms with Gasteiger partial charge in [0.25, 0.3) is 0 Å². The Morgan fingerprint density at radius 1 is 0.828 bits per heavy atom. The van der Waals surface area contributed by atoms with Gasteiger partial charge in [0.05, 0.1) is 0 Å². The number of nitrogens with zero attached hydrogens (tertiary/aromatic N) is 1. The zero-order valence-corrected chi connectivity index (χ0v) is 16.8. The van der Waals surface area contributed by atoms with E-state index in [-0.39, 0.29) is 5.75 Å². The van der Waals surface area contributed by atoms with Gasteiger partial charge in [0.1, 0.15) is 18.1 Å². The molecule has 148 valence electrons. The molecule has 0 spiro atoms. The lowest BCUT2D eigenvalue weighted by Crippen LogP contribution is -2.10. The summed E-state index contributed by atoms with van der Waals surface area (Å²) < 4.78 is 5.89. The zero-order valence-electron chi connectivity index (χ0n) is 16.8. The van der Waals surface area contributed by atoms with E-state index in [4.69, 9.17) is 4.74 Å². The van der Waals surface area contributed by atoms with Crippen LogP contribution in [-0.2, 0) is 0 Å². The molecule has 3 aromatic carbocycles. The Morgan fingerprint density at radius 2 is 1.45 bits per heavy atom. The molecule has 3 aromatic rings. The average molecular weight is 386 g/mol. The summed E-state index contributed by atoms with van der Waals surface area (Å²) in [6.07, 6.45) is 0.911. The fourth-order valence-electron chi connectivity index (χ4n) is 3.61. The first kappa shape index (κ1) is 19.3. The van der Waals surface area contributed by atoms with Crippen LogP contribution in [0.25, 0.3) is 11.1 Å². The number of allylic oxidation sites excluding steroid dienone is 1. The molecule has 0 radical (unpaired) electrons. The molecule has 1 aliphatic heterocycles. The summed E-state index contributed by atoms with van der Waals surface area (Å²) in [6.45, 7) is 6.30. The third-order valence-electron chi connectivity index (χ3n) is 5.29. The second-order valence-corrected chi connectivity index (χ2v) is 7.33. The van der Waals surface area contributed by atoms with Gasteiger partial charge in [-0.1, -0.05) is 61.5 Å². The van der Waals surface area contributed by atoms with Gasteiger partial charge in [0, 0.05) is 19.6 Å². The summed E-state index contributed by atoms with van der Waals surface area (Å²) in [7, 11) is 0. The van der Waals surface area contributed by atoms with Gasteiger partial charge in [0.2, 0.25) is 0 Å². The molecule has 3 heteroatoms. The highest BCUT2D eigenvalue weighted by Gasteiger charge is 2.16. The largest absolute Gasteiger partial charge is 0.508 e. The number of hydrogen-bond acceptors (Lipinski definition) is 3. The van der Waals surface area contributed by atoms with Crippen molar-refractivity contribution >= 4 is 11.1 Å². The van der Waals surface area contributed by atoms with Gasteiger partial charge in [0.15, 0.2) is 0 Å². The molecule has 0 amide bonds. The fourth-order valence-corrected chi connectivity index (χ4v) is 3.61. The molecule has 29 heavy (non-hydrogen) atoms. The van der Waals surface area contributed by atoms with Crippen LogP contribution in [0.3, 0.4) is 0 Å². The summed E-state index contributed by atoms with van der Waals surface area (Å²) in [5.74, 6) is 1.18. The van der Waals surface area contributed by atoms with Crippen molar-refractivity contribution in [2.45, 2.75) is 13.3 Å². The summed E-state index contributed by atoms with van der Waals surface area (Å²) in [5.41, 5.74) is 5.94. The Kier molecular flexibility index (Phi) is 5.97. The van der Waals surface area contributed by atoms with Crippen molar-refractivity contribution in [3.05, 3.63) is 95.6 Å². The highest BCUT2D eigenvalue weighted by molar-refractivity contribution is 5.98. The number of aromatic hydroxyl groups is 1. The Balaban J connectivity index is 1.69. The molecule has 0 aromatic heterocycles. The quantitative estimate of drug-likeness (QED) is 0.413. The van der Waals surface area contributed by atoms with Crippen molar-refractivity contribution in [1.29, 1.82) is 0 Å². The van der Waals surface area contributed by atoms with Crippen molar-refractivity contribution in [1.82, 2.24) is 4.90 Å². The summed E-state index contributed by atoms with van der Waals surface area (Å²) >= 11 is 0. The Bertz CT molecular complexity index is 956. The van der Waals surface area contributed by atoms with Crippen molar-refractivity contribution in [2.75, 3.05) is 26.2 Å². The maximum Gasteiger partial charge on any atom is 0.119 e. The van der Waals surface area contributed by atoms with Crippen molar-refractivity contribution in [3.63, 3.8) is 0 Å². The Hall–Kier alpha value is -3.04. The van der Waals surface area contributed by atoms with E-state index in [2.05, 4.69) is 60.4 Å². The SMILES string of the molecule is CC/C(=C(/c1ccc(O)cc1)c1ccc(OCCN2CC2)cc1)c1ccccc1. The second kappa shape index (κ2) is 8.97. The van der Waals surface area contributed by atoms with Gasteiger partial charge in [-0.2, -0.15) is 0 Å². The number of phenols is 1. The van der Waals surface area contributed by atoms with E-state index < -0.39 is 0 Å². The lowest BCUT2D eigenvalue weighted by molar-refractivity contribution is 0.292. The lowest BCUT2D eigenvalue weighted by Gasteiger charge is -2.17. The predicted octanol–water partition coefficient (Wildman–Crippen LogP) is 5.46. The molecule has 1 N–H and O–H groups in total. The Labute approximate surface area is 172 Å². The first-order valence-electron chi connectivity index (χ1n) is 10.3. The van der Waals surface area contributed by atoms with E-state index in [9.17, 15) is 5.11 Å². The van der Waals surface area contributed by atoms with E-state index in [1.165, 1.54) is 29.8 Å². The molecule has 0 atom stereocenters. The van der Waals surface area contributed by atoms with E-state index in [0.29, 0.717) is 0 Å². The van der Waals surface area contributed by atoms with Crippen molar-refractivity contribution < 1.29 is 9.84 Å². The molecule has 4 rings (SSSR count). The predicted molar refractivity (Wildman–Crippen MR) is 119 cm³/mol. The Morgan fingerprint density at radius 3 is 2.03 bits per heavy atom. The van der Waals surface area contributed by atoms with Crippen LogP contribution < -0.4 is 4.74 Å². The number of benzene rings is 3. The lowest BCUT2D eigenvalue weighted by atomic mass is 9.88. The van der Waals surface area contributed by atoms with Crippen LogP contribution in [0, 0.1) is 0 Å². The standard InChI is InChI=1S/C26H27NO2/c1-2-25(20-6-4-3-5-7-20)26(21-8-12-23(28)13-9-21)22-10-14-24(15-11-22)29-19-18-27-16-17-27/h3-15,28H,2,16-19H2,1H3/b26-25+. The maximum atomic E-state index is 9.75. The first-order chi connectivity index (χ1) is 14.2. The van der Waals surface area contributed by atoms with Crippen LogP contribution in [0.4, 0.5) is 0 Å². The van der Waals surface area contributed by atoms with E-state index in [0.717, 1.165) is 36.4 Å². The molecule has 0 aliphatic carbocycles. The molecule has 0 saturated carbocycles. The van der Waals surface area contributed by atoms with E-state index >= 15 is 0 Å². The van der Waals surface area contributed by atoms with Crippen LogP contribution in [0.2, 0.25) is 0 Å². The summed E-state index contributed by atoms with van der Waals surface area (Å²) in [4.78, 5) is 2.35. The van der Waals surface area contributed by atoms with Gasteiger partial charge in [-0.3, -0.25) is 4.90 Å². The zero-order chi connectivity index (χ0) is 20.1. The third kappa shape index (κ3) is 4.87. The molecule has 1 fully saturated rings. The topological polar surface area (TPSA) is 32.5 Å². The maximum absolute atomic E-state index is 9.75. The summed E-state index contributed by atoms with van der Waals surface area (Å²) in [6, 6.07) is 26.3. The summed E-state index contributed by atoms with van der Waals surface area (Å²) in [5, 5.41) is 9.75. The molecular formula is C26H27NO2.